The Balaban J connectivity index is 2.56. The number of carboxylic acids is 1. The highest BCUT2D eigenvalue weighted by Gasteiger charge is 2.18. The molecule has 0 unspecified atom stereocenters. The van der Waals surface area contributed by atoms with Gasteiger partial charge in [-0.1, -0.05) is 0 Å². The molecule has 0 saturated carbocycles. The van der Waals surface area contributed by atoms with Gasteiger partial charge in [0.15, 0.2) is 5.69 Å². The third kappa shape index (κ3) is 1.86. The second-order valence-corrected chi connectivity index (χ2v) is 3.52. The lowest BCUT2D eigenvalue weighted by Crippen LogP contribution is -2.08. The molecule has 94 valence electrons. The standard InChI is InChI=1S/C11H11N3O4/c1-2-18-11(17)8-9(12)14-5-6(10(15)16)3-4-7(14)13-8/h3-5H,2,12H2,1H3,(H,15,16). The number of aromatic carboxylic acids is 1. The zero-order valence-corrected chi connectivity index (χ0v) is 9.58. The highest BCUT2D eigenvalue weighted by atomic mass is 16.5. The zero-order chi connectivity index (χ0) is 13.3. The predicted octanol–water partition coefficient (Wildman–Crippen LogP) is 0.791. The molecule has 0 aromatic carbocycles. The van der Waals surface area contributed by atoms with Crippen molar-refractivity contribution in [1.29, 1.82) is 0 Å². The molecule has 7 heteroatoms. The predicted molar refractivity (Wildman–Crippen MR) is 62.5 cm³/mol. The molecule has 3 N–H and O–H groups in total. The number of aromatic nitrogens is 2. The van der Waals surface area contributed by atoms with Crippen molar-refractivity contribution >= 4 is 23.4 Å². The number of nitrogens with two attached hydrogens (primary N) is 1. The van der Waals surface area contributed by atoms with Crippen LogP contribution in [0.25, 0.3) is 5.65 Å². The van der Waals surface area contributed by atoms with E-state index in [-0.39, 0.29) is 23.7 Å². The van der Waals surface area contributed by atoms with Crippen LogP contribution in [0.1, 0.15) is 27.8 Å². The van der Waals surface area contributed by atoms with E-state index in [0.717, 1.165) is 0 Å². The summed E-state index contributed by atoms with van der Waals surface area (Å²) in [5.41, 5.74) is 6.18. The number of rotatable bonds is 3. The van der Waals surface area contributed by atoms with Crippen molar-refractivity contribution in [2.75, 3.05) is 12.3 Å². The number of hydrogen-bond acceptors (Lipinski definition) is 5. The number of ether oxygens (including phenoxy) is 1. The van der Waals surface area contributed by atoms with Gasteiger partial charge in [-0.2, -0.15) is 0 Å². The lowest BCUT2D eigenvalue weighted by molar-refractivity contribution is 0.0521. The van der Waals surface area contributed by atoms with Gasteiger partial charge in [-0.15, -0.1) is 0 Å². The summed E-state index contributed by atoms with van der Waals surface area (Å²) in [6.07, 6.45) is 1.31. The number of esters is 1. The molecule has 2 heterocycles. The number of nitrogen functional groups attached to an aromatic ring is 1. The smallest absolute Gasteiger partial charge is 0.360 e. The molecule has 2 aromatic heterocycles. The van der Waals surface area contributed by atoms with Crippen LogP contribution < -0.4 is 5.73 Å². The summed E-state index contributed by atoms with van der Waals surface area (Å²) < 4.78 is 6.15. The Bertz CT molecular complexity index is 632. The van der Waals surface area contributed by atoms with Crippen LogP contribution >= 0.6 is 0 Å². The minimum atomic E-state index is -1.08. The average molecular weight is 249 g/mol. The first kappa shape index (κ1) is 11.9. The molecule has 0 aliphatic rings. The fourth-order valence-electron chi connectivity index (χ4n) is 1.54. The van der Waals surface area contributed by atoms with E-state index in [1.807, 2.05) is 0 Å². The Morgan fingerprint density at radius 1 is 1.50 bits per heavy atom. The van der Waals surface area contributed by atoms with E-state index in [4.69, 9.17) is 15.6 Å². The summed E-state index contributed by atoms with van der Waals surface area (Å²) in [6.45, 7) is 1.89. The highest BCUT2D eigenvalue weighted by molar-refractivity contribution is 5.94. The van der Waals surface area contributed by atoms with Gasteiger partial charge in [0.05, 0.1) is 12.2 Å². The van der Waals surface area contributed by atoms with Crippen LogP contribution in [0.2, 0.25) is 0 Å². The summed E-state index contributed by atoms with van der Waals surface area (Å²) in [4.78, 5) is 26.4. The number of carbonyl (C=O) groups excluding carboxylic acids is 1. The van der Waals surface area contributed by atoms with Gasteiger partial charge in [0.25, 0.3) is 0 Å². The summed E-state index contributed by atoms with van der Waals surface area (Å²) in [5.74, 6) is -1.65. The van der Waals surface area contributed by atoms with Crippen LogP contribution in [0.4, 0.5) is 5.82 Å². The van der Waals surface area contributed by atoms with Gasteiger partial charge in [0.1, 0.15) is 11.5 Å². The van der Waals surface area contributed by atoms with Crippen LogP contribution in [-0.2, 0) is 4.74 Å². The quantitative estimate of drug-likeness (QED) is 0.779. The van der Waals surface area contributed by atoms with Gasteiger partial charge in [-0.25, -0.2) is 14.6 Å². The van der Waals surface area contributed by atoms with Crippen molar-refractivity contribution in [3.8, 4) is 0 Å². The van der Waals surface area contributed by atoms with Gasteiger partial charge in [0, 0.05) is 6.20 Å². The van der Waals surface area contributed by atoms with Crippen LogP contribution in [0.5, 0.6) is 0 Å². The molecule has 7 nitrogen and oxygen atoms in total. The maximum Gasteiger partial charge on any atom is 0.360 e. The SMILES string of the molecule is CCOC(=O)c1nc2ccc(C(=O)O)cn2c1N. The molecule has 0 amide bonds. The molecule has 0 saturated heterocycles. The van der Waals surface area contributed by atoms with Crippen molar-refractivity contribution < 1.29 is 19.4 Å². The lowest BCUT2D eigenvalue weighted by atomic mass is 10.3. The van der Waals surface area contributed by atoms with Gasteiger partial charge >= 0.3 is 11.9 Å². The molecule has 0 fully saturated rings. The van der Waals surface area contributed by atoms with Crippen LogP contribution in [0, 0.1) is 0 Å². The van der Waals surface area contributed by atoms with Crippen molar-refractivity contribution in [3.63, 3.8) is 0 Å². The average Bonchev–Trinajstić information content (AvgIpc) is 2.67. The van der Waals surface area contributed by atoms with E-state index in [1.165, 1.54) is 22.7 Å². The molecular weight excluding hydrogens is 238 g/mol. The normalized spacial score (nSPS) is 10.5. The van der Waals surface area contributed by atoms with E-state index < -0.39 is 11.9 Å². The minimum absolute atomic E-state index is 0.0145. The van der Waals surface area contributed by atoms with E-state index in [1.54, 1.807) is 6.92 Å². The van der Waals surface area contributed by atoms with E-state index in [9.17, 15) is 9.59 Å². The third-order valence-electron chi connectivity index (χ3n) is 2.37. The van der Waals surface area contributed by atoms with Gasteiger partial charge in [0.2, 0.25) is 0 Å². The molecule has 0 spiro atoms. The van der Waals surface area contributed by atoms with Crippen molar-refractivity contribution in [2.45, 2.75) is 6.92 Å². The summed E-state index contributed by atoms with van der Waals surface area (Å²) >= 11 is 0. The first-order valence-corrected chi connectivity index (χ1v) is 5.22. The van der Waals surface area contributed by atoms with E-state index in [0.29, 0.717) is 5.65 Å². The molecule has 2 rings (SSSR count). The van der Waals surface area contributed by atoms with E-state index in [2.05, 4.69) is 4.98 Å². The Labute approximate surface area is 102 Å². The second kappa shape index (κ2) is 4.36. The largest absolute Gasteiger partial charge is 0.478 e. The highest BCUT2D eigenvalue weighted by Crippen LogP contribution is 2.17. The third-order valence-corrected chi connectivity index (χ3v) is 2.37. The Morgan fingerprint density at radius 3 is 2.83 bits per heavy atom. The number of carboxylic acid groups (broad SMARTS) is 1. The van der Waals surface area contributed by atoms with Gasteiger partial charge < -0.3 is 15.6 Å². The Hall–Kier alpha value is -2.57. The number of imidazole rings is 1. The van der Waals surface area contributed by atoms with Crippen LogP contribution in [0.3, 0.4) is 0 Å². The van der Waals surface area contributed by atoms with Gasteiger partial charge in [-0.05, 0) is 19.1 Å². The molecule has 0 aliphatic heterocycles. The molecule has 0 bridgehead atoms. The monoisotopic (exact) mass is 249 g/mol. The molecule has 0 radical (unpaired) electrons. The number of nitrogens with zero attached hydrogens (tertiary/aromatic N) is 2. The molecule has 18 heavy (non-hydrogen) atoms. The van der Waals surface area contributed by atoms with Crippen molar-refractivity contribution in [3.05, 3.63) is 29.6 Å². The topological polar surface area (TPSA) is 107 Å². The molecule has 0 aliphatic carbocycles. The molecule has 0 atom stereocenters. The van der Waals surface area contributed by atoms with Crippen LogP contribution in [-0.4, -0.2) is 33.0 Å². The number of carbonyl (C=O) groups is 2. The fourth-order valence-corrected chi connectivity index (χ4v) is 1.54. The van der Waals surface area contributed by atoms with E-state index >= 15 is 0 Å². The first-order chi connectivity index (χ1) is 8.54. The summed E-state index contributed by atoms with van der Waals surface area (Å²) in [7, 11) is 0. The molecule has 2 aromatic rings. The van der Waals surface area contributed by atoms with Crippen molar-refractivity contribution in [1.82, 2.24) is 9.38 Å². The maximum atomic E-state index is 11.6. The zero-order valence-electron chi connectivity index (χ0n) is 9.58. The summed E-state index contributed by atoms with van der Waals surface area (Å²) in [6, 6.07) is 2.86. The fraction of sp³-hybridized carbons (Fsp3) is 0.182. The lowest BCUT2D eigenvalue weighted by Gasteiger charge is -2.00. The molecular formula is C11H11N3O4. The Morgan fingerprint density at radius 2 is 2.22 bits per heavy atom. The number of pyridine rings is 1. The maximum absolute atomic E-state index is 11.6. The number of fused-ring (bicyclic) bond motifs is 1. The summed E-state index contributed by atoms with van der Waals surface area (Å²) in [5, 5.41) is 8.87. The van der Waals surface area contributed by atoms with Crippen LogP contribution in [0.15, 0.2) is 18.3 Å². The van der Waals surface area contributed by atoms with Gasteiger partial charge in [-0.3, -0.25) is 4.40 Å². The number of hydrogen-bond donors (Lipinski definition) is 2. The Kier molecular flexibility index (Phi) is 2.88. The van der Waals surface area contributed by atoms with Crippen molar-refractivity contribution in [2.24, 2.45) is 0 Å². The second-order valence-electron chi connectivity index (χ2n) is 3.52. The first-order valence-electron chi connectivity index (χ1n) is 5.22. The minimum Gasteiger partial charge on any atom is -0.478 e. The number of anilines is 1.